The van der Waals surface area contributed by atoms with Crippen LogP contribution in [0.3, 0.4) is 0 Å². The molecule has 3 aliphatic rings. The lowest BCUT2D eigenvalue weighted by Gasteiger charge is -2.46. The number of rotatable bonds is 7. The van der Waals surface area contributed by atoms with Gasteiger partial charge in [0.2, 0.25) is 5.91 Å². The van der Waals surface area contributed by atoms with Gasteiger partial charge in [-0.05, 0) is 80.7 Å². The number of nitrogens with zero attached hydrogens (tertiary/aromatic N) is 3. The smallest absolute Gasteiger partial charge is 0.321 e. The van der Waals surface area contributed by atoms with Crippen molar-refractivity contribution in [2.45, 2.75) is 83.8 Å². The average molecular weight is 582 g/mol. The van der Waals surface area contributed by atoms with Crippen LogP contribution < -0.4 is 0 Å². The van der Waals surface area contributed by atoms with Crippen LogP contribution in [-0.2, 0) is 28.9 Å². The number of benzene rings is 2. The molecule has 0 unspecified atom stereocenters. The van der Waals surface area contributed by atoms with Crippen LogP contribution in [0, 0.1) is 23.5 Å². The fourth-order valence-corrected chi connectivity index (χ4v) is 7.24. The molecule has 228 valence electrons. The Morgan fingerprint density at radius 1 is 0.976 bits per heavy atom. The number of carboxylic acid groups (broad SMARTS) is 1. The van der Waals surface area contributed by atoms with Crippen molar-refractivity contribution in [2.75, 3.05) is 32.7 Å². The van der Waals surface area contributed by atoms with E-state index in [1.807, 2.05) is 9.80 Å². The second kappa shape index (κ2) is 12.0. The maximum Gasteiger partial charge on any atom is 0.321 e. The Morgan fingerprint density at radius 2 is 1.71 bits per heavy atom. The highest BCUT2D eigenvalue weighted by Crippen LogP contribution is 2.39. The number of fused-ring (bicyclic) bond motifs is 1. The first-order valence-electron chi connectivity index (χ1n) is 15.4. The fraction of sp³-hybridized carbons (Fsp3) is 0.588. The van der Waals surface area contributed by atoms with Crippen molar-refractivity contribution in [3.8, 4) is 0 Å². The molecule has 2 aromatic carbocycles. The van der Waals surface area contributed by atoms with Crippen LogP contribution in [-0.4, -0.2) is 82.0 Å². The quantitative estimate of drug-likeness (QED) is 0.491. The Hall–Kier alpha value is -2.84. The monoisotopic (exact) mass is 581 g/mol. The van der Waals surface area contributed by atoms with Gasteiger partial charge in [-0.25, -0.2) is 8.78 Å². The van der Waals surface area contributed by atoms with Crippen LogP contribution in [0.1, 0.15) is 69.2 Å². The fourth-order valence-electron chi connectivity index (χ4n) is 7.24. The van der Waals surface area contributed by atoms with E-state index in [0.717, 1.165) is 30.9 Å². The highest BCUT2D eigenvalue weighted by molar-refractivity contribution is 5.81. The molecule has 5 rings (SSSR count). The van der Waals surface area contributed by atoms with E-state index in [9.17, 15) is 19.1 Å². The first-order valence-corrected chi connectivity index (χ1v) is 15.4. The summed E-state index contributed by atoms with van der Waals surface area (Å²) in [5, 5.41) is 10.3. The van der Waals surface area contributed by atoms with Gasteiger partial charge in [0, 0.05) is 56.3 Å². The topological polar surface area (TPSA) is 64.1 Å². The first-order chi connectivity index (χ1) is 19.8. The van der Waals surface area contributed by atoms with Gasteiger partial charge in [0.1, 0.15) is 17.7 Å². The second-order valence-corrected chi connectivity index (χ2v) is 13.8. The molecular weight excluding hydrogens is 536 g/mol. The number of halogens is 2. The Kier molecular flexibility index (Phi) is 8.77. The van der Waals surface area contributed by atoms with Crippen LogP contribution in [0.5, 0.6) is 0 Å². The van der Waals surface area contributed by atoms with Crippen molar-refractivity contribution in [2.24, 2.45) is 11.8 Å². The summed E-state index contributed by atoms with van der Waals surface area (Å²) in [7, 11) is 0. The largest absolute Gasteiger partial charge is 0.480 e. The molecule has 0 spiro atoms. The van der Waals surface area contributed by atoms with Gasteiger partial charge in [-0.2, -0.15) is 0 Å². The lowest BCUT2D eigenvalue weighted by atomic mass is 9.86. The molecule has 1 aliphatic carbocycles. The van der Waals surface area contributed by atoms with E-state index in [-0.39, 0.29) is 23.4 Å². The Morgan fingerprint density at radius 3 is 2.38 bits per heavy atom. The lowest BCUT2D eigenvalue weighted by Crippen LogP contribution is -2.62. The average Bonchev–Trinajstić information content (AvgIpc) is 3.58. The number of carboxylic acids is 1. The van der Waals surface area contributed by atoms with E-state index in [4.69, 9.17) is 0 Å². The van der Waals surface area contributed by atoms with Crippen LogP contribution in [0.4, 0.5) is 8.78 Å². The van der Waals surface area contributed by atoms with E-state index in [1.165, 1.54) is 23.3 Å². The molecule has 2 heterocycles. The molecule has 0 bridgehead atoms. The van der Waals surface area contributed by atoms with Crippen LogP contribution in [0.25, 0.3) is 0 Å². The molecular formula is C34H45F2N3O3. The molecule has 2 aliphatic heterocycles. The van der Waals surface area contributed by atoms with Gasteiger partial charge in [-0.1, -0.05) is 38.1 Å². The number of hydrogen-bond donors (Lipinski definition) is 1. The molecule has 4 atom stereocenters. The summed E-state index contributed by atoms with van der Waals surface area (Å²) in [4.78, 5) is 33.0. The summed E-state index contributed by atoms with van der Waals surface area (Å²) in [5.41, 5.74) is 3.90. The number of piperazine rings is 1. The summed E-state index contributed by atoms with van der Waals surface area (Å²) in [6, 6.07) is 9.19. The SMILES string of the molecule is CC(C)[C@H]1CN([C@@H](Cc2ccc3c(c2)CCC3)C(=O)O)CCN1C(=O)[C@@H]1CN(C(C)(C)C)C[C@H]1c1ccc(F)cc1F. The Bertz CT molecular complexity index is 1320. The third-order valence-electron chi connectivity index (χ3n) is 9.77. The third-order valence-corrected chi connectivity index (χ3v) is 9.77. The molecule has 1 amide bonds. The summed E-state index contributed by atoms with van der Waals surface area (Å²) in [6.45, 7) is 12.7. The number of hydrogen-bond acceptors (Lipinski definition) is 4. The van der Waals surface area contributed by atoms with E-state index >= 15 is 4.39 Å². The maximum absolute atomic E-state index is 15.0. The van der Waals surface area contributed by atoms with Gasteiger partial charge < -0.3 is 10.0 Å². The number of carbonyl (C=O) groups excluding carboxylic acids is 1. The van der Waals surface area contributed by atoms with Crippen molar-refractivity contribution in [1.29, 1.82) is 0 Å². The minimum absolute atomic E-state index is 0.0284. The van der Waals surface area contributed by atoms with Gasteiger partial charge in [0.05, 0.1) is 5.92 Å². The molecule has 1 N–H and O–H groups in total. The maximum atomic E-state index is 15.0. The Labute approximate surface area is 248 Å². The molecule has 6 nitrogen and oxygen atoms in total. The number of amides is 1. The molecule has 2 fully saturated rings. The molecule has 2 saturated heterocycles. The van der Waals surface area contributed by atoms with Crippen molar-refractivity contribution < 1.29 is 23.5 Å². The third kappa shape index (κ3) is 6.25. The second-order valence-electron chi connectivity index (χ2n) is 13.8. The highest BCUT2D eigenvalue weighted by atomic mass is 19.1. The van der Waals surface area contributed by atoms with E-state index in [1.54, 1.807) is 0 Å². The van der Waals surface area contributed by atoms with Crippen LogP contribution in [0.15, 0.2) is 36.4 Å². The molecule has 0 saturated carbocycles. The van der Waals surface area contributed by atoms with Gasteiger partial charge in [0.15, 0.2) is 0 Å². The summed E-state index contributed by atoms with van der Waals surface area (Å²) < 4.78 is 28.8. The highest BCUT2D eigenvalue weighted by Gasteiger charge is 2.47. The molecule has 0 aromatic heterocycles. The number of aliphatic carboxylic acids is 1. The molecule has 42 heavy (non-hydrogen) atoms. The summed E-state index contributed by atoms with van der Waals surface area (Å²) >= 11 is 0. The van der Waals surface area contributed by atoms with Gasteiger partial charge >= 0.3 is 5.97 Å². The standard InChI is InChI=1S/C34H45F2N3O3/c1-21(2)31-20-37(30(33(41)42)16-22-9-10-23-7-6-8-24(23)15-22)13-14-39(31)32(40)28-19-38(34(3,4)5)18-27(28)26-12-11-25(35)17-29(26)36/h9-12,15,17,21,27-28,30-31H,6-8,13-14,16,18-20H2,1-5H3,(H,41,42)/t27-,28+,30-,31+/m0/s1. The number of aryl methyl sites for hydroxylation is 2. The van der Waals surface area contributed by atoms with E-state index in [2.05, 4.69) is 57.7 Å². The van der Waals surface area contributed by atoms with Crippen molar-refractivity contribution in [3.63, 3.8) is 0 Å². The Balaban J connectivity index is 1.37. The van der Waals surface area contributed by atoms with Crippen LogP contribution >= 0.6 is 0 Å². The predicted molar refractivity (Wildman–Crippen MR) is 159 cm³/mol. The number of carbonyl (C=O) groups is 2. The summed E-state index contributed by atoms with van der Waals surface area (Å²) in [5.74, 6) is -2.88. The van der Waals surface area contributed by atoms with E-state index < -0.39 is 35.5 Å². The molecule has 2 aromatic rings. The predicted octanol–water partition coefficient (Wildman–Crippen LogP) is 5.13. The molecule has 0 radical (unpaired) electrons. The zero-order valence-corrected chi connectivity index (χ0v) is 25.6. The normalized spacial score (nSPS) is 24.3. The zero-order chi connectivity index (χ0) is 30.3. The van der Waals surface area contributed by atoms with Crippen LogP contribution in [0.2, 0.25) is 0 Å². The minimum Gasteiger partial charge on any atom is -0.480 e. The van der Waals surface area contributed by atoms with Gasteiger partial charge in [-0.3, -0.25) is 19.4 Å². The van der Waals surface area contributed by atoms with Crippen molar-refractivity contribution >= 4 is 11.9 Å². The van der Waals surface area contributed by atoms with Gasteiger partial charge in [0.25, 0.3) is 0 Å². The van der Waals surface area contributed by atoms with E-state index in [0.29, 0.717) is 44.7 Å². The summed E-state index contributed by atoms with van der Waals surface area (Å²) in [6.07, 6.45) is 3.72. The van der Waals surface area contributed by atoms with Crippen molar-refractivity contribution in [1.82, 2.24) is 14.7 Å². The van der Waals surface area contributed by atoms with Crippen molar-refractivity contribution in [3.05, 3.63) is 70.3 Å². The number of likely N-dealkylation sites (tertiary alicyclic amines) is 1. The first kappa shape index (κ1) is 30.6. The minimum atomic E-state index is -0.846. The zero-order valence-electron chi connectivity index (χ0n) is 25.6. The lowest BCUT2D eigenvalue weighted by molar-refractivity contribution is -0.148. The molecule has 8 heteroatoms. The van der Waals surface area contributed by atoms with Gasteiger partial charge in [-0.15, -0.1) is 0 Å².